The average Bonchev–Trinajstić information content (AvgIpc) is 2.74. The van der Waals surface area contributed by atoms with Crippen molar-refractivity contribution in [3.05, 3.63) is 94.5 Å². The molecule has 1 aromatic heterocycles. The van der Waals surface area contributed by atoms with Gasteiger partial charge in [-0.3, -0.25) is 0 Å². The highest BCUT2D eigenvalue weighted by Crippen LogP contribution is 2.27. The molecule has 3 aromatic carbocycles. The van der Waals surface area contributed by atoms with Crippen LogP contribution in [0.1, 0.15) is 18.1 Å². The molecule has 4 aromatic rings. The lowest BCUT2D eigenvalue weighted by atomic mass is 9.98. The SMILES string of the molecule is CCc1ccc(-c2c(C)c3ccccc3o/c2=N\S(=O)(=O)c2ccc(Cl)cc2)cc1. The van der Waals surface area contributed by atoms with Crippen LogP contribution in [0.2, 0.25) is 5.02 Å². The van der Waals surface area contributed by atoms with Gasteiger partial charge in [0.15, 0.2) is 0 Å². The summed E-state index contributed by atoms with van der Waals surface area (Å²) in [7, 11) is -3.99. The van der Waals surface area contributed by atoms with Gasteiger partial charge in [0.2, 0.25) is 5.55 Å². The van der Waals surface area contributed by atoms with E-state index in [1.165, 1.54) is 29.8 Å². The monoisotopic (exact) mass is 437 g/mol. The molecule has 0 unspecified atom stereocenters. The van der Waals surface area contributed by atoms with Gasteiger partial charge in [-0.05, 0) is 60.4 Å². The molecule has 0 amide bonds. The Bertz CT molecular complexity index is 1390. The summed E-state index contributed by atoms with van der Waals surface area (Å²) < 4.78 is 36.0. The molecule has 0 N–H and O–H groups in total. The number of sulfonamides is 1. The van der Waals surface area contributed by atoms with Crippen molar-refractivity contribution in [3.8, 4) is 11.1 Å². The van der Waals surface area contributed by atoms with Crippen LogP contribution in [-0.2, 0) is 16.4 Å². The summed E-state index contributed by atoms with van der Waals surface area (Å²) in [4.78, 5) is 0.0557. The quantitative estimate of drug-likeness (QED) is 0.398. The number of aryl methyl sites for hydroxylation is 2. The molecule has 0 aliphatic heterocycles. The van der Waals surface area contributed by atoms with Crippen LogP contribution in [0.3, 0.4) is 0 Å². The third kappa shape index (κ3) is 3.91. The van der Waals surface area contributed by atoms with Crippen LogP contribution in [0.5, 0.6) is 0 Å². The van der Waals surface area contributed by atoms with Crippen LogP contribution < -0.4 is 5.55 Å². The van der Waals surface area contributed by atoms with E-state index < -0.39 is 10.0 Å². The molecular formula is C24H20ClNO3S. The van der Waals surface area contributed by atoms with Crippen LogP contribution in [-0.4, -0.2) is 8.42 Å². The Morgan fingerprint density at radius 2 is 1.60 bits per heavy atom. The molecule has 4 rings (SSSR count). The second kappa shape index (κ2) is 8.09. The minimum atomic E-state index is -3.99. The largest absolute Gasteiger partial charge is 0.437 e. The Balaban J connectivity index is 2.02. The Kier molecular flexibility index (Phi) is 5.50. The van der Waals surface area contributed by atoms with Crippen LogP contribution in [0.25, 0.3) is 22.1 Å². The first-order valence-electron chi connectivity index (χ1n) is 9.57. The summed E-state index contributed by atoms with van der Waals surface area (Å²) in [5.74, 6) is 0. The van der Waals surface area contributed by atoms with Gasteiger partial charge in [-0.15, -0.1) is 4.40 Å². The normalized spacial score (nSPS) is 12.4. The number of hydrogen-bond acceptors (Lipinski definition) is 3. The van der Waals surface area contributed by atoms with Crippen molar-refractivity contribution in [2.24, 2.45) is 4.40 Å². The second-order valence-corrected chi connectivity index (χ2v) is 9.01. The third-order valence-corrected chi connectivity index (χ3v) is 6.58. The van der Waals surface area contributed by atoms with Crippen molar-refractivity contribution in [2.75, 3.05) is 0 Å². The molecule has 4 nitrogen and oxygen atoms in total. The summed E-state index contributed by atoms with van der Waals surface area (Å²) in [6.07, 6.45) is 0.920. The molecule has 0 spiro atoms. The lowest BCUT2D eigenvalue weighted by Gasteiger charge is -2.11. The molecule has 6 heteroatoms. The molecule has 152 valence electrons. The molecule has 1 heterocycles. The van der Waals surface area contributed by atoms with Crippen LogP contribution in [0.15, 0.2) is 86.5 Å². The van der Waals surface area contributed by atoms with Gasteiger partial charge in [0.1, 0.15) is 5.58 Å². The molecule has 0 fully saturated rings. The number of rotatable bonds is 4. The zero-order valence-corrected chi connectivity index (χ0v) is 18.2. The van der Waals surface area contributed by atoms with Crippen LogP contribution in [0.4, 0.5) is 0 Å². The summed E-state index contributed by atoms with van der Waals surface area (Å²) in [5, 5.41) is 1.37. The van der Waals surface area contributed by atoms with Gasteiger partial charge in [-0.25, -0.2) is 0 Å². The smallest absolute Gasteiger partial charge is 0.285 e. The van der Waals surface area contributed by atoms with Gasteiger partial charge in [0.05, 0.1) is 4.90 Å². The molecular weight excluding hydrogens is 418 g/mol. The van der Waals surface area contributed by atoms with E-state index in [2.05, 4.69) is 11.3 Å². The van der Waals surface area contributed by atoms with E-state index in [0.29, 0.717) is 16.2 Å². The van der Waals surface area contributed by atoms with Crippen molar-refractivity contribution in [1.29, 1.82) is 0 Å². The Labute approximate surface area is 180 Å². The zero-order valence-electron chi connectivity index (χ0n) is 16.6. The van der Waals surface area contributed by atoms with Crippen molar-refractivity contribution < 1.29 is 12.8 Å². The molecule has 0 aliphatic carbocycles. The maximum absolute atomic E-state index is 13.0. The highest BCUT2D eigenvalue weighted by Gasteiger charge is 2.17. The second-order valence-electron chi connectivity index (χ2n) is 6.97. The van der Waals surface area contributed by atoms with Gasteiger partial charge < -0.3 is 4.42 Å². The maximum Gasteiger partial charge on any atom is 0.285 e. The number of para-hydroxylation sites is 1. The first-order chi connectivity index (χ1) is 14.4. The Morgan fingerprint density at radius 3 is 2.27 bits per heavy atom. The van der Waals surface area contributed by atoms with E-state index in [-0.39, 0.29) is 10.4 Å². The highest BCUT2D eigenvalue weighted by molar-refractivity contribution is 7.90. The van der Waals surface area contributed by atoms with E-state index in [9.17, 15) is 8.42 Å². The zero-order chi connectivity index (χ0) is 21.3. The first kappa shape index (κ1) is 20.4. The van der Waals surface area contributed by atoms with Crippen molar-refractivity contribution in [1.82, 2.24) is 0 Å². The van der Waals surface area contributed by atoms with Crippen LogP contribution >= 0.6 is 11.6 Å². The number of hydrogen-bond donors (Lipinski definition) is 0. The predicted octanol–water partition coefficient (Wildman–Crippen LogP) is 5.91. The summed E-state index contributed by atoms with van der Waals surface area (Å²) in [6.45, 7) is 4.04. The van der Waals surface area contributed by atoms with E-state index in [1.54, 1.807) is 6.07 Å². The molecule has 0 atom stereocenters. The van der Waals surface area contributed by atoms with Crippen LogP contribution in [0, 0.1) is 6.92 Å². The van der Waals surface area contributed by atoms with Gasteiger partial charge in [0, 0.05) is 16.0 Å². The number of nitrogens with zero attached hydrogens (tertiary/aromatic N) is 1. The van der Waals surface area contributed by atoms with Crippen molar-refractivity contribution in [3.63, 3.8) is 0 Å². The standard InChI is InChI=1S/C24H20ClNO3S/c1-3-17-8-10-18(11-9-17)23-16(2)21-6-4-5-7-22(21)29-24(23)26-30(27,28)20-14-12-19(25)13-15-20/h4-15H,3H2,1-2H3/b26-24-. The summed E-state index contributed by atoms with van der Waals surface area (Å²) in [6, 6.07) is 21.5. The van der Waals surface area contributed by atoms with E-state index in [1.807, 2.05) is 49.4 Å². The fraction of sp³-hybridized carbons (Fsp3) is 0.125. The van der Waals surface area contributed by atoms with Gasteiger partial charge in [0.25, 0.3) is 10.0 Å². The fourth-order valence-electron chi connectivity index (χ4n) is 3.40. The lowest BCUT2D eigenvalue weighted by molar-refractivity contribution is 0.542. The molecule has 0 aliphatic rings. The average molecular weight is 438 g/mol. The molecule has 0 saturated carbocycles. The minimum absolute atomic E-state index is 0.0557. The number of benzene rings is 3. The highest BCUT2D eigenvalue weighted by atomic mass is 35.5. The van der Waals surface area contributed by atoms with Gasteiger partial charge in [-0.2, -0.15) is 8.42 Å². The predicted molar refractivity (Wildman–Crippen MR) is 120 cm³/mol. The van der Waals surface area contributed by atoms with Crippen molar-refractivity contribution >= 4 is 32.6 Å². The molecule has 0 radical (unpaired) electrons. The van der Waals surface area contributed by atoms with Crippen molar-refractivity contribution in [2.45, 2.75) is 25.2 Å². The Morgan fingerprint density at radius 1 is 0.933 bits per heavy atom. The molecule has 0 bridgehead atoms. The molecule has 30 heavy (non-hydrogen) atoms. The summed E-state index contributed by atoms with van der Waals surface area (Å²) in [5.41, 5.74) is 4.25. The van der Waals surface area contributed by atoms with E-state index >= 15 is 0 Å². The fourth-order valence-corrected chi connectivity index (χ4v) is 4.45. The number of halogens is 1. The van der Waals surface area contributed by atoms with E-state index in [0.717, 1.165) is 22.9 Å². The summed E-state index contributed by atoms with van der Waals surface area (Å²) >= 11 is 5.89. The lowest BCUT2D eigenvalue weighted by Crippen LogP contribution is -2.12. The maximum atomic E-state index is 13.0. The minimum Gasteiger partial charge on any atom is -0.437 e. The van der Waals surface area contributed by atoms with E-state index in [4.69, 9.17) is 16.0 Å². The topological polar surface area (TPSA) is 59.6 Å². The molecule has 0 saturated heterocycles. The van der Waals surface area contributed by atoms with Gasteiger partial charge >= 0.3 is 0 Å². The number of fused-ring (bicyclic) bond motifs is 1. The first-order valence-corrected chi connectivity index (χ1v) is 11.4. The third-order valence-electron chi connectivity index (χ3n) is 5.05. The van der Waals surface area contributed by atoms with Gasteiger partial charge in [-0.1, -0.05) is 61.0 Å². The Hall–Kier alpha value is -2.89.